The van der Waals surface area contributed by atoms with Crippen molar-refractivity contribution in [1.82, 2.24) is 19.8 Å². The Morgan fingerprint density at radius 2 is 1.85 bits per heavy atom. The van der Waals surface area contributed by atoms with Crippen LogP contribution in [-0.2, 0) is 35.4 Å². The highest BCUT2D eigenvalue weighted by Crippen LogP contribution is 2.36. The Morgan fingerprint density at radius 1 is 1.10 bits per heavy atom. The fourth-order valence-electron chi connectivity index (χ4n) is 6.48. The normalized spacial score (nSPS) is 20.6. The molecule has 3 N–H and O–H groups in total. The summed E-state index contributed by atoms with van der Waals surface area (Å²) in [5.74, 6) is 0.0991. The Labute approximate surface area is 303 Å². The summed E-state index contributed by atoms with van der Waals surface area (Å²) >= 11 is 0. The number of rotatable bonds is 17. The summed E-state index contributed by atoms with van der Waals surface area (Å²) in [4.78, 5) is 37.0. The molecule has 5 atom stereocenters. The van der Waals surface area contributed by atoms with Crippen LogP contribution in [0.2, 0.25) is 0 Å². The lowest BCUT2D eigenvalue weighted by Crippen LogP contribution is -2.52. The van der Waals surface area contributed by atoms with Crippen LogP contribution in [0.25, 0.3) is 0 Å². The van der Waals surface area contributed by atoms with Crippen molar-refractivity contribution in [2.75, 3.05) is 53.2 Å². The minimum absolute atomic E-state index is 0.0345. The first-order valence-corrected chi connectivity index (χ1v) is 18.7. The zero-order chi connectivity index (χ0) is 37.5. The third kappa shape index (κ3) is 10.2. The standard InChI is InChI=1S/C35H48N4O12S/c1-35(2,13-7-14-36-31(41)19-38(3)34(43)44)21-39(52(45,46)24-10-11-28-29(17-24)50-22-49-28)18-27(40)26(16-23-8-5-4-6-9-23)37-33(42)51-30-20-48-32-25(30)12-15-47-32/h4-6,8-11,17,25-27,30,32,40H,7,12-16,18-22H2,1-3H3,(H,36,41)(H,37,42)(H,43,44)/p-1/t25-,26-,27+,30-,32+/m0/s1. The molecule has 16 nitrogen and oxygen atoms in total. The lowest BCUT2D eigenvalue weighted by atomic mass is 9.87. The monoisotopic (exact) mass is 747 g/mol. The molecule has 0 aromatic heterocycles. The van der Waals surface area contributed by atoms with Gasteiger partial charge in [0.15, 0.2) is 17.8 Å². The lowest BCUT2D eigenvalue weighted by Gasteiger charge is -2.35. The number of nitrogens with zero attached hydrogens (tertiary/aromatic N) is 2. The highest BCUT2D eigenvalue weighted by Gasteiger charge is 2.44. The average molecular weight is 748 g/mol. The summed E-state index contributed by atoms with van der Waals surface area (Å²) < 4.78 is 57.5. The first-order chi connectivity index (χ1) is 24.7. The smallest absolute Gasteiger partial charge is 0.407 e. The van der Waals surface area contributed by atoms with Gasteiger partial charge in [0.05, 0.1) is 42.7 Å². The molecule has 0 unspecified atom stereocenters. The first kappa shape index (κ1) is 39.1. The number of fused-ring (bicyclic) bond motifs is 2. The van der Waals surface area contributed by atoms with E-state index in [4.69, 9.17) is 23.7 Å². The number of carboxylic acid groups (broad SMARTS) is 1. The lowest BCUT2D eigenvalue weighted by molar-refractivity contribution is -0.263. The maximum Gasteiger partial charge on any atom is 0.407 e. The fourth-order valence-corrected chi connectivity index (χ4v) is 8.14. The van der Waals surface area contributed by atoms with Crippen molar-refractivity contribution < 1.29 is 56.7 Å². The second kappa shape index (κ2) is 17.1. The Kier molecular flexibility index (Phi) is 12.9. The van der Waals surface area contributed by atoms with Crippen molar-refractivity contribution in [2.24, 2.45) is 11.3 Å². The number of aliphatic hydroxyl groups excluding tert-OH is 1. The van der Waals surface area contributed by atoms with Crippen molar-refractivity contribution >= 4 is 28.1 Å². The first-order valence-electron chi connectivity index (χ1n) is 17.2. The summed E-state index contributed by atoms with van der Waals surface area (Å²) in [6, 6.07) is 12.6. The molecule has 3 aliphatic heterocycles. The largest absolute Gasteiger partial charge is 0.530 e. The number of amides is 3. The molecule has 286 valence electrons. The second-order valence-electron chi connectivity index (χ2n) is 14.0. The molecular formula is C35H47N4O12S-. The van der Waals surface area contributed by atoms with Crippen molar-refractivity contribution in [2.45, 2.75) is 69.0 Å². The van der Waals surface area contributed by atoms with Gasteiger partial charge in [0, 0.05) is 32.7 Å². The number of aliphatic hydroxyl groups is 1. The topological polar surface area (TPSA) is 205 Å². The third-order valence-electron chi connectivity index (χ3n) is 9.33. The Hall–Kier alpha value is -4.16. The van der Waals surface area contributed by atoms with Gasteiger partial charge in [-0.1, -0.05) is 44.2 Å². The molecule has 0 saturated carbocycles. The van der Waals surface area contributed by atoms with Crippen LogP contribution in [0.3, 0.4) is 0 Å². The van der Waals surface area contributed by atoms with Gasteiger partial charge in [-0.3, -0.25) is 4.79 Å². The van der Waals surface area contributed by atoms with E-state index in [0.717, 1.165) is 10.5 Å². The van der Waals surface area contributed by atoms with E-state index >= 15 is 0 Å². The summed E-state index contributed by atoms with van der Waals surface area (Å²) in [7, 11) is -3.02. The van der Waals surface area contributed by atoms with Crippen LogP contribution in [0.4, 0.5) is 9.59 Å². The van der Waals surface area contributed by atoms with E-state index in [9.17, 15) is 33.0 Å². The fraction of sp³-hybridized carbons (Fsp3) is 0.571. The van der Waals surface area contributed by atoms with Crippen LogP contribution in [-0.4, -0.2) is 119 Å². The van der Waals surface area contributed by atoms with Crippen molar-refractivity contribution in [3.63, 3.8) is 0 Å². The summed E-state index contributed by atoms with van der Waals surface area (Å²) in [5.41, 5.74) is 0.137. The molecule has 17 heteroatoms. The number of carbonyl (C=O) groups is 3. The quantitative estimate of drug-likeness (QED) is 0.195. The number of hydrogen-bond acceptors (Lipinski definition) is 12. The highest BCUT2D eigenvalue weighted by molar-refractivity contribution is 7.89. The molecule has 3 heterocycles. The number of carbonyl (C=O) groups excluding carboxylic acids is 3. The average Bonchev–Trinajstić information content (AvgIpc) is 3.85. The second-order valence-corrected chi connectivity index (χ2v) is 16.0. The van der Waals surface area contributed by atoms with Crippen LogP contribution in [0.15, 0.2) is 53.4 Å². The van der Waals surface area contributed by atoms with Gasteiger partial charge < -0.3 is 54.2 Å². The molecule has 5 rings (SSSR count). The van der Waals surface area contributed by atoms with E-state index in [1.165, 1.54) is 29.6 Å². The maximum atomic E-state index is 14.3. The minimum atomic E-state index is -4.25. The number of benzene rings is 2. The molecule has 2 aromatic carbocycles. The molecule has 2 saturated heterocycles. The van der Waals surface area contributed by atoms with Crippen LogP contribution in [0, 0.1) is 11.3 Å². The number of alkyl carbamates (subject to hydrolysis) is 1. The van der Waals surface area contributed by atoms with E-state index < -0.39 is 58.1 Å². The van der Waals surface area contributed by atoms with Crippen molar-refractivity contribution in [3.05, 3.63) is 54.1 Å². The van der Waals surface area contributed by atoms with Gasteiger partial charge in [0.2, 0.25) is 22.7 Å². The zero-order valence-electron chi connectivity index (χ0n) is 29.5. The van der Waals surface area contributed by atoms with Gasteiger partial charge in [0.1, 0.15) is 12.2 Å². The zero-order valence-corrected chi connectivity index (χ0v) is 30.3. The summed E-state index contributed by atoms with van der Waals surface area (Å²) in [6.45, 7) is 3.83. The predicted octanol–water partition coefficient (Wildman–Crippen LogP) is 1.06. The third-order valence-corrected chi connectivity index (χ3v) is 11.1. The van der Waals surface area contributed by atoms with E-state index in [0.29, 0.717) is 31.6 Å². The molecular weight excluding hydrogens is 700 g/mol. The number of likely N-dealkylation sites (N-methyl/N-ethyl adjacent to an activating group) is 1. The van der Waals surface area contributed by atoms with Gasteiger partial charge in [-0.25, -0.2) is 13.2 Å². The van der Waals surface area contributed by atoms with Gasteiger partial charge >= 0.3 is 6.09 Å². The van der Waals surface area contributed by atoms with Gasteiger partial charge in [-0.05, 0) is 48.8 Å². The Balaban J connectivity index is 1.32. The molecule has 52 heavy (non-hydrogen) atoms. The van der Waals surface area contributed by atoms with Gasteiger partial charge in [-0.2, -0.15) is 4.31 Å². The van der Waals surface area contributed by atoms with Crippen LogP contribution >= 0.6 is 0 Å². The summed E-state index contributed by atoms with van der Waals surface area (Å²) in [6.07, 6.45) is -2.78. The van der Waals surface area contributed by atoms with E-state index in [1.54, 1.807) is 0 Å². The molecule has 2 fully saturated rings. The number of nitrogens with one attached hydrogen (secondary N) is 2. The SMILES string of the molecule is CN(CC(=O)NCCCC(C)(C)CN(C[C@@H](O)[C@H](Cc1ccccc1)NC(=O)O[C@H]1CO[C@H]2OCC[C@H]21)S(=O)(=O)c1ccc2c(c1)OCO2)C(=O)[O-]. The van der Waals surface area contributed by atoms with Gasteiger partial charge in [-0.15, -0.1) is 0 Å². The molecule has 0 radical (unpaired) electrons. The van der Waals surface area contributed by atoms with E-state index in [2.05, 4.69) is 10.6 Å². The number of hydrogen-bond donors (Lipinski definition) is 3. The van der Waals surface area contributed by atoms with Crippen LogP contribution in [0.5, 0.6) is 11.5 Å². The van der Waals surface area contributed by atoms with E-state index in [-0.39, 0.29) is 62.6 Å². The van der Waals surface area contributed by atoms with Gasteiger partial charge in [0.25, 0.3) is 0 Å². The molecule has 3 aliphatic rings. The number of sulfonamides is 1. The van der Waals surface area contributed by atoms with Crippen LogP contribution in [0.1, 0.15) is 38.7 Å². The molecule has 0 aliphatic carbocycles. The van der Waals surface area contributed by atoms with E-state index in [1.807, 2.05) is 44.2 Å². The summed E-state index contributed by atoms with van der Waals surface area (Å²) in [5, 5.41) is 28.2. The maximum absolute atomic E-state index is 14.3. The molecule has 0 bridgehead atoms. The highest BCUT2D eigenvalue weighted by atomic mass is 32.2. The molecule has 3 amide bonds. The minimum Gasteiger partial charge on any atom is -0.530 e. The Bertz CT molecular complexity index is 1660. The van der Waals surface area contributed by atoms with Crippen LogP contribution < -0.4 is 25.2 Å². The van der Waals surface area contributed by atoms with Crippen molar-refractivity contribution in [3.8, 4) is 11.5 Å². The van der Waals surface area contributed by atoms with Crippen molar-refractivity contribution in [1.29, 1.82) is 0 Å². The molecule has 0 spiro atoms. The Morgan fingerprint density at radius 3 is 2.60 bits per heavy atom. The molecule has 2 aromatic rings. The number of ether oxygens (including phenoxy) is 5. The predicted molar refractivity (Wildman–Crippen MR) is 183 cm³/mol.